The van der Waals surface area contributed by atoms with Gasteiger partial charge in [-0.2, -0.15) is 12.7 Å². The number of piperidine rings is 1. The van der Waals surface area contributed by atoms with Crippen molar-refractivity contribution < 1.29 is 13.2 Å². The molecule has 1 aromatic rings. The molecule has 0 radical (unpaired) electrons. The van der Waals surface area contributed by atoms with Crippen LogP contribution in [0.25, 0.3) is 0 Å². The fourth-order valence-corrected chi connectivity index (χ4v) is 3.98. The number of ether oxygens (including phenoxy) is 1. The van der Waals surface area contributed by atoms with Crippen LogP contribution in [-0.2, 0) is 10.2 Å². The molecule has 0 aliphatic carbocycles. The van der Waals surface area contributed by atoms with Crippen LogP contribution in [0.3, 0.4) is 0 Å². The summed E-state index contributed by atoms with van der Waals surface area (Å²) >= 11 is 0. The lowest BCUT2D eigenvalue weighted by Crippen LogP contribution is -2.49. The molecule has 118 valence electrons. The summed E-state index contributed by atoms with van der Waals surface area (Å²) in [4.78, 5) is 4.00. The summed E-state index contributed by atoms with van der Waals surface area (Å²) in [5.41, 5.74) is 0.435. The lowest BCUT2D eigenvalue weighted by atomic mass is 10.1. The molecule has 2 rings (SSSR count). The number of hydrogen-bond donors (Lipinski definition) is 2. The molecule has 7 nitrogen and oxygen atoms in total. The molecular formula is C13H22N4O3S. The number of nitrogens with zero attached hydrogens (tertiary/aromatic N) is 2. The number of methoxy groups -OCH3 is 1. The average molecular weight is 314 g/mol. The molecule has 0 bridgehead atoms. The Labute approximate surface area is 125 Å². The quantitative estimate of drug-likeness (QED) is 0.812. The monoisotopic (exact) mass is 314 g/mol. The third kappa shape index (κ3) is 4.05. The molecular weight excluding hydrogens is 292 g/mol. The van der Waals surface area contributed by atoms with Gasteiger partial charge in [-0.05, 0) is 26.0 Å². The van der Waals surface area contributed by atoms with Gasteiger partial charge in [-0.3, -0.25) is 4.72 Å². The van der Waals surface area contributed by atoms with Gasteiger partial charge in [-0.1, -0.05) is 6.42 Å². The van der Waals surface area contributed by atoms with Crippen LogP contribution in [0.5, 0.6) is 5.88 Å². The van der Waals surface area contributed by atoms with Crippen molar-refractivity contribution >= 4 is 15.9 Å². The lowest BCUT2D eigenvalue weighted by Gasteiger charge is -2.34. The molecule has 1 aliphatic heterocycles. The Hall–Kier alpha value is -1.38. The van der Waals surface area contributed by atoms with Crippen LogP contribution in [0, 0.1) is 0 Å². The van der Waals surface area contributed by atoms with Gasteiger partial charge in [0.05, 0.1) is 19.0 Å². The first-order chi connectivity index (χ1) is 10.1. The SMILES string of the molecule is CNCC1CCCCN1S(=O)(=O)Nc1ccc(OC)nc1. The predicted octanol–water partition coefficient (Wildman–Crippen LogP) is 0.821. The number of aromatic nitrogens is 1. The van der Waals surface area contributed by atoms with E-state index < -0.39 is 10.2 Å². The lowest BCUT2D eigenvalue weighted by molar-refractivity contribution is 0.250. The molecule has 8 heteroatoms. The molecule has 0 amide bonds. The molecule has 1 saturated heterocycles. The van der Waals surface area contributed by atoms with Gasteiger partial charge in [0.1, 0.15) is 0 Å². The fraction of sp³-hybridized carbons (Fsp3) is 0.615. The molecule has 0 spiro atoms. The summed E-state index contributed by atoms with van der Waals surface area (Å²) in [7, 11) is -0.215. The van der Waals surface area contributed by atoms with E-state index in [1.165, 1.54) is 17.6 Å². The van der Waals surface area contributed by atoms with Gasteiger partial charge in [0.2, 0.25) is 5.88 Å². The van der Waals surface area contributed by atoms with E-state index in [-0.39, 0.29) is 6.04 Å². The maximum absolute atomic E-state index is 12.5. The second-order valence-corrected chi connectivity index (χ2v) is 6.64. The Balaban J connectivity index is 2.11. The number of rotatable bonds is 6. The van der Waals surface area contributed by atoms with Crippen LogP contribution in [0.2, 0.25) is 0 Å². The van der Waals surface area contributed by atoms with E-state index in [0.717, 1.165) is 19.3 Å². The van der Waals surface area contributed by atoms with Crippen molar-refractivity contribution in [2.75, 3.05) is 32.0 Å². The van der Waals surface area contributed by atoms with E-state index >= 15 is 0 Å². The van der Waals surface area contributed by atoms with E-state index in [0.29, 0.717) is 24.7 Å². The summed E-state index contributed by atoms with van der Waals surface area (Å²) in [5, 5.41) is 3.06. The van der Waals surface area contributed by atoms with Gasteiger partial charge in [0.25, 0.3) is 0 Å². The highest BCUT2D eigenvalue weighted by Gasteiger charge is 2.31. The van der Waals surface area contributed by atoms with Gasteiger partial charge in [0, 0.05) is 25.2 Å². The molecule has 2 heterocycles. The summed E-state index contributed by atoms with van der Waals surface area (Å²) in [6.07, 6.45) is 4.28. The van der Waals surface area contributed by atoms with E-state index in [1.807, 2.05) is 7.05 Å². The van der Waals surface area contributed by atoms with Gasteiger partial charge in [-0.15, -0.1) is 0 Å². The van der Waals surface area contributed by atoms with Crippen molar-refractivity contribution in [3.05, 3.63) is 18.3 Å². The second kappa shape index (κ2) is 7.06. The maximum Gasteiger partial charge on any atom is 0.301 e. The van der Waals surface area contributed by atoms with Crippen molar-refractivity contribution in [2.45, 2.75) is 25.3 Å². The minimum atomic E-state index is -3.56. The first kappa shape index (κ1) is 16.0. The molecule has 1 aliphatic rings. The molecule has 21 heavy (non-hydrogen) atoms. The molecule has 0 aromatic carbocycles. The van der Waals surface area contributed by atoms with Crippen LogP contribution in [0.1, 0.15) is 19.3 Å². The third-order valence-electron chi connectivity index (χ3n) is 3.51. The van der Waals surface area contributed by atoms with E-state index in [4.69, 9.17) is 4.74 Å². The number of hydrogen-bond acceptors (Lipinski definition) is 5. The standard InChI is InChI=1S/C13H22N4O3S/c1-14-10-12-5-3-4-8-17(12)21(18,19)16-11-6-7-13(20-2)15-9-11/h6-7,9,12,14,16H,3-5,8,10H2,1-2H3. The Bertz CT molecular complexity index is 545. The Kier molecular flexibility index (Phi) is 5.38. The smallest absolute Gasteiger partial charge is 0.301 e. The van der Waals surface area contributed by atoms with Crippen molar-refractivity contribution in [1.82, 2.24) is 14.6 Å². The highest BCUT2D eigenvalue weighted by atomic mass is 32.2. The van der Waals surface area contributed by atoms with Crippen LogP contribution < -0.4 is 14.8 Å². The van der Waals surface area contributed by atoms with E-state index in [2.05, 4.69) is 15.0 Å². The zero-order valence-electron chi connectivity index (χ0n) is 12.4. The Morgan fingerprint density at radius 2 is 2.24 bits per heavy atom. The number of pyridine rings is 1. The van der Waals surface area contributed by atoms with Crippen molar-refractivity contribution in [2.24, 2.45) is 0 Å². The molecule has 1 fully saturated rings. The minimum Gasteiger partial charge on any atom is -0.481 e. The topological polar surface area (TPSA) is 83.6 Å². The van der Waals surface area contributed by atoms with Crippen LogP contribution >= 0.6 is 0 Å². The van der Waals surface area contributed by atoms with Crippen LogP contribution in [-0.4, -0.2) is 51.0 Å². The second-order valence-electron chi connectivity index (χ2n) is 5.01. The molecule has 0 saturated carbocycles. The van der Waals surface area contributed by atoms with Crippen LogP contribution in [0.15, 0.2) is 18.3 Å². The van der Waals surface area contributed by atoms with Gasteiger partial charge >= 0.3 is 10.2 Å². The van der Waals surface area contributed by atoms with Crippen LogP contribution in [0.4, 0.5) is 5.69 Å². The maximum atomic E-state index is 12.5. The minimum absolute atomic E-state index is 0.00698. The zero-order valence-corrected chi connectivity index (χ0v) is 13.2. The molecule has 1 atom stereocenters. The van der Waals surface area contributed by atoms with E-state index in [1.54, 1.807) is 12.1 Å². The normalized spacial score (nSPS) is 20.2. The Morgan fingerprint density at radius 3 is 2.86 bits per heavy atom. The first-order valence-electron chi connectivity index (χ1n) is 7.01. The van der Waals surface area contributed by atoms with Gasteiger partial charge < -0.3 is 10.1 Å². The molecule has 1 unspecified atom stereocenters. The first-order valence-corrected chi connectivity index (χ1v) is 8.45. The summed E-state index contributed by atoms with van der Waals surface area (Å²) < 4.78 is 34.1. The highest BCUT2D eigenvalue weighted by molar-refractivity contribution is 7.90. The summed E-state index contributed by atoms with van der Waals surface area (Å²) in [5.74, 6) is 0.448. The van der Waals surface area contributed by atoms with Gasteiger partial charge in [0.15, 0.2) is 0 Å². The number of nitrogens with one attached hydrogen (secondary N) is 2. The average Bonchev–Trinajstić information content (AvgIpc) is 2.48. The summed E-state index contributed by atoms with van der Waals surface area (Å²) in [6.45, 7) is 1.20. The third-order valence-corrected chi connectivity index (χ3v) is 5.11. The fourth-order valence-electron chi connectivity index (χ4n) is 2.50. The molecule has 1 aromatic heterocycles. The molecule has 2 N–H and O–H groups in total. The zero-order chi connectivity index (χ0) is 15.3. The van der Waals surface area contributed by atoms with Crippen molar-refractivity contribution in [1.29, 1.82) is 0 Å². The largest absolute Gasteiger partial charge is 0.481 e. The van der Waals surface area contributed by atoms with E-state index in [9.17, 15) is 8.42 Å². The number of likely N-dealkylation sites (N-methyl/N-ethyl adjacent to an activating group) is 1. The highest BCUT2D eigenvalue weighted by Crippen LogP contribution is 2.22. The predicted molar refractivity (Wildman–Crippen MR) is 81.6 cm³/mol. The van der Waals surface area contributed by atoms with Crippen molar-refractivity contribution in [3.8, 4) is 5.88 Å². The van der Waals surface area contributed by atoms with Gasteiger partial charge in [-0.25, -0.2) is 4.98 Å². The van der Waals surface area contributed by atoms with Crippen molar-refractivity contribution in [3.63, 3.8) is 0 Å². The number of anilines is 1. The Morgan fingerprint density at radius 1 is 1.43 bits per heavy atom. The summed E-state index contributed by atoms with van der Waals surface area (Å²) in [6, 6.07) is 3.26.